The average molecular weight is 388 g/mol. The predicted octanol–water partition coefficient (Wildman–Crippen LogP) is 4.77. The van der Waals surface area contributed by atoms with E-state index < -0.39 is 0 Å². The first-order valence-electron chi connectivity index (χ1n) is 8.45. The van der Waals surface area contributed by atoms with E-state index in [0.717, 1.165) is 33.5 Å². The Bertz CT molecular complexity index is 951. The number of amides is 1. The van der Waals surface area contributed by atoms with Crippen molar-refractivity contribution < 1.29 is 4.79 Å². The second kappa shape index (κ2) is 7.74. The van der Waals surface area contributed by atoms with Crippen molar-refractivity contribution in [1.82, 2.24) is 9.88 Å². The second-order valence-corrected chi connectivity index (χ2v) is 8.13. The number of hydrogen-bond acceptors (Lipinski definition) is 4. The van der Waals surface area contributed by atoms with E-state index in [9.17, 15) is 4.79 Å². The fraction of sp³-hybridized carbons (Fsp3) is 0.300. The molecular formula is C20H22ClN3OS. The van der Waals surface area contributed by atoms with Gasteiger partial charge in [-0.05, 0) is 57.8 Å². The number of likely N-dealkylation sites (N-methyl/N-ethyl adjacent to an activating group) is 1. The van der Waals surface area contributed by atoms with E-state index in [0.29, 0.717) is 16.7 Å². The van der Waals surface area contributed by atoms with Crippen LogP contribution in [0.1, 0.15) is 21.5 Å². The van der Waals surface area contributed by atoms with Crippen LogP contribution in [0.3, 0.4) is 0 Å². The van der Waals surface area contributed by atoms with Gasteiger partial charge >= 0.3 is 0 Å². The van der Waals surface area contributed by atoms with Gasteiger partial charge in [0.1, 0.15) is 0 Å². The fourth-order valence-electron chi connectivity index (χ4n) is 2.70. The van der Waals surface area contributed by atoms with Crippen LogP contribution in [0.2, 0.25) is 5.02 Å². The van der Waals surface area contributed by atoms with Crippen LogP contribution < -0.4 is 4.90 Å². The minimum atomic E-state index is -0.0156. The molecule has 3 aromatic rings. The molecule has 0 radical (unpaired) electrons. The lowest BCUT2D eigenvalue weighted by Gasteiger charge is -2.23. The number of thiazole rings is 1. The highest BCUT2D eigenvalue weighted by molar-refractivity contribution is 7.22. The lowest BCUT2D eigenvalue weighted by Crippen LogP contribution is -2.37. The van der Waals surface area contributed by atoms with E-state index in [-0.39, 0.29) is 5.91 Å². The molecule has 0 unspecified atom stereocenters. The van der Waals surface area contributed by atoms with Gasteiger partial charge in [-0.25, -0.2) is 4.98 Å². The maximum atomic E-state index is 13.3. The van der Waals surface area contributed by atoms with Crippen molar-refractivity contribution in [3.05, 3.63) is 58.1 Å². The number of rotatable bonds is 5. The Balaban J connectivity index is 2.03. The molecule has 0 saturated heterocycles. The lowest BCUT2D eigenvalue weighted by atomic mass is 10.0. The van der Waals surface area contributed by atoms with Gasteiger partial charge in [0.2, 0.25) is 0 Å². The van der Waals surface area contributed by atoms with Crippen molar-refractivity contribution in [3.8, 4) is 0 Å². The molecule has 136 valence electrons. The van der Waals surface area contributed by atoms with Gasteiger partial charge in [-0.2, -0.15) is 0 Å². The maximum Gasteiger partial charge on any atom is 0.260 e. The zero-order chi connectivity index (χ0) is 18.8. The number of carbonyl (C=O) groups is 1. The molecule has 0 spiro atoms. The molecule has 0 N–H and O–H groups in total. The third-order valence-corrected chi connectivity index (χ3v) is 5.49. The number of hydrogen-bond donors (Lipinski definition) is 0. The van der Waals surface area contributed by atoms with E-state index in [1.165, 1.54) is 11.3 Å². The number of carbonyl (C=O) groups excluding carboxylic acids is 1. The van der Waals surface area contributed by atoms with Crippen LogP contribution in [0, 0.1) is 13.8 Å². The Labute approximate surface area is 163 Å². The smallest absolute Gasteiger partial charge is 0.260 e. The van der Waals surface area contributed by atoms with Crippen molar-refractivity contribution in [2.45, 2.75) is 13.8 Å². The minimum absolute atomic E-state index is 0.0156. The summed E-state index contributed by atoms with van der Waals surface area (Å²) in [4.78, 5) is 21.8. The highest BCUT2D eigenvalue weighted by Gasteiger charge is 2.23. The van der Waals surface area contributed by atoms with Gasteiger partial charge in [-0.15, -0.1) is 0 Å². The van der Waals surface area contributed by atoms with Crippen LogP contribution in [-0.4, -0.2) is 43.0 Å². The summed E-state index contributed by atoms with van der Waals surface area (Å²) in [6, 6.07) is 11.6. The average Bonchev–Trinajstić information content (AvgIpc) is 2.99. The number of fused-ring (bicyclic) bond motifs is 1. The van der Waals surface area contributed by atoms with Crippen molar-refractivity contribution in [2.24, 2.45) is 0 Å². The summed E-state index contributed by atoms with van der Waals surface area (Å²) in [6.45, 7) is 5.30. The molecule has 3 rings (SSSR count). The number of aromatic nitrogens is 1. The highest BCUT2D eigenvalue weighted by atomic mass is 35.5. The summed E-state index contributed by atoms with van der Waals surface area (Å²) in [5, 5.41) is 1.38. The molecule has 0 fully saturated rings. The molecule has 0 saturated carbocycles. The third kappa shape index (κ3) is 4.06. The SMILES string of the molecule is Cc1ccc(C)c(C(=O)N(CCN(C)C)c2nc3ccc(Cl)cc3s2)c1. The van der Waals surface area contributed by atoms with E-state index in [1.807, 2.05) is 64.3 Å². The van der Waals surface area contributed by atoms with Crippen LogP contribution in [0.15, 0.2) is 36.4 Å². The molecule has 0 aliphatic rings. The van der Waals surface area contributed by atoms with Gasteiger partial charge in [0.05, 0.1) is 10.2 Å². The van der Waals surface area contributed by atoms with Crippen LogP contribution in [0.4, 0.5) is 5.13 Å². The molecular weight excluding hydrogens is 366 g/mol. The Hall–Kier alpha value is -1.95. The molecule has 26 heavy (non-hydrogen) atoms. The first-order valence-corrected chi connectivity index (χ1v) is 9.64. The number of halogens is 1. The van der Waals surface area contributed by atoms with E-state index in [2.05, 4.69) is 9.88 Å². The highest BCUT2D eigenvalue weighted by Crippen LogP contribution is 2.31. The summed E-state index contributed by atoms with van der Waals surface area (Å²) in [7, 11) is 4.00. The van der Waals surface area contributed by atoms with Crippen molar-refractivity contribution >= 4 is 44.2 Å². The molecule has 2 aromatic carbocycles. The van der Waals surface area contributed by atoms with E-state index >= 15 is 0 Å². The minimum Gasteiger partial charge on any atom is -0.308 e. The van der Waals surface area contributed by atoms with Gasteiger partial charge in [0, 0.05) is 23.7 Å². The normalized spacial score (nSPS) is 11.3. The lowest BCUT2D eigenvalue weighted by molar-refractivity contribution is 0.0984. The monoisotopic (exact) mass is 387 g/mol. The van der Waals surface area contributed by atoms with Crippen LogP contribution in [0.25, 0.3) is 10.2 Å². The molecule has 6 heteroatoms. The molecule has 0 aliphatic heterocycles. The van der Waals surface area contributed by atoms with Crippen LogP contribution >= 0.6 is 22.9 Å². The first-order chi connectivity index (χ1) is 12.3. The van der Waals surface area contributed by atoms with Gasteiger partial charge in [-0.3, -0.25) is 9.69 Å². The summed E-state index contributed by atoms with van der Waals surface area (Å²) >= 11 is 7.59. The zero-order valence-electron chi connectivity index (χ0n) is 15.4. The largest absolute Gasteiger partial charge is 0.308 e. The Morgan fingerprint density at radius 1 is 1.12 bits per heavy atom. The van der Waals surface area contributed by atoms with E-state index in [1.54, 1.807) is 4.90 Å². The maximum absolute atomic E-state index is 13.3. The Kier molecular flexibility index (Phi) is 5.61. The quantitative estimate of drug-likeness (QED) is 0.632. The van der Waals surface area contributed by atoms with Crippen LogP contribution in [-0.2, 0) is 0 Å². The van der Waals surface area contributed by atoms with E-state index in [4.69, 9.17) is 11.6 Å². The summed E-state index contributed by atoms with van der Waals surface area (Å²) < 4.78 is 0.983. The fourth-order valence-corrected chi connectivity index (χ4v) is 3.96. The summed E-state index contributed by atoms with van der Waals surface area (Å²) in [5.41, 5.74) is 3.63. The molecule has 1 heterocycles. The zero-order valence-corrected chi connectivity index (χ0v) is 17.0. The third-order valence-electron chi connectivity index (χ3n) is 4.21. The topological polar surface area (TPSA) is 36.4 Å². The van der Waals surface area contributed by atoms with Gasteiger partial charge in [0.15, 0.2) is 5.13 Å². The molecule has 0 atom stereocenters. The molecule has 4 nitrogen and oxygen atoms in total. The molecule has 0 bridgehead atoms. The number of nitrogens with zero attached hydrogens (tertiary/aromatic N) is 3. The number of benzene rings is 2. The predicted molar refractivity (Wildman–Crippen MR) is 111 cm³/mol. The Morgan fingerprint density at radius 3 is 2.62 bits per heavy atom. The van der Waals surface area contributed by atoms with Crippen molar-refractivity contribution in [3.63, 3.8) is 0 Å². The number of aryl methyl sites for hydroxylation is 2. The van der Waals surface area contributed by atoms with Crippen molar-refractivity contribution in [1.29, 1.82) is 0 Å². The summed E-state index contributed by atoms with van der Waals surface area (Å²) in [5.74, 6) is -0.0156. The summed E-state index contributed by atoms with van der Waals surface area (Å²) in [6.07, 6.45) is 0. The van der Waals surface area contributed by atoms with Crippen LogP contribution in [0.5, 0.6) is 0 Å². The molecule has 0 aliphatic carbocycles. The first kappa shape index (κ1) is 18.8. The number of anilines is 1. The molecule has 1 amide bonds. The van der Waals surface area contributed by atoms with Gasteiger partial charge < -0.3 is 4.90 Å². The second-order valence-electron chi connectivity index (χ2n) is 6.69. The van der Waals surface area contributed by atoms with Gasteiger partial charge in [0.25, 0.3) is 5.91 Å². The van der Waals surface area contributed by atoms with Crippen molar-refractivity contribution in [2.75, 3.05) is 32.1 Å². The molecule has 1 aromatic heterocycles. The van der Waals surface area contributed by atoms with Gasteiger partial charge in [-0.1, -0.05) is 40.6 Å². The Morgan fingerprint density at radius 2 is 1.88 bits per heavy atom. The standard InChI is InChI=1S/C20H22ClN3OS/c1-13-5-6-14(2)16(11-13)19(25)24(10-9-23(3)4)20-22-17-8-7-15(21)12-18(17)26-20/h5-8,11-12H,9-10H2,1-4H3.